The van der Waals surface area contributed by atoms with Crippen molar-refractivity contribution in [1.82, 2.24) is 10.3 Å². The SMILES string of the molecule is CC1CC2CC3CC(NC(=O)c4ccc(OCc5ccccc5)nc4)(C1)C23. The first kappa shape index (κ1) is 16.8. The average molecular weight is 362 g/mol. The number of pyridine rings is 1. The lowest BCUT2D eigenvalue weighted by atomic mass is 9.39. The number of carbonyl (C=O) groups is 1. The lowest BCUT2D eigenvalue weighted by molar-refractivity contribution is -0.163. The lowest BCUT2D eigenvalue weighted by Gasteiger charge is -2.69. The van der Waals surface area contributed by atoms with Gasteiger partial charge in [0.25, 0.3) is 5.91 Å². The molecule has 3 saturated carbocycles. The second kappa shape index (κ2) is 6.36. The molecule has 3 fully saturated rings. The highest BCUT2D eigenvalue weighted by molar-refractivity contribution is 5.94. The Morgan fingerprint density at radius 1 is 1.15 bits per heavy atom. The second-order valence-corrected chi connectivity index (χ2v) is 8.80. The summed E-state index contributed by atoms with van der Waals surface area (Å²) < 4.78 is 5.72. The zero-order chi connectivity index (χ0) is 18.4. The molecule has 27 heavy (non-hydrogen) atoms. The van der Waals surface area contributed by atoms with Gasteiger partial charge in [-0.3, -0.25) is 4.79 Å². The molecule has 5 rings (SSSR count). The summed E-state index contributed by atoms with van der Waals surface area (Å²) in [5.41, 5.74) is 1.76. The maximum atomic E-state index is 12.8. The average Bonchev–Trinajstić information content (AvgIpc) is 2.64. The van der Waals surface area contributed by atoms with Crippen LogP contribution in [0.15, 0.2) is 48.7 Å². The number of nitrogens with zero attached hydrogens (tertiary/aromatic N) is 1. The van der Waals surface area contributed by atoms with Gasteiger partial charge in [0.2, 0.25) is 5.88 Å². The number of benzene rings is 1. The highest BCUT2D eigenvalue weighted by atomic mass is 16.5. The molecule has 1 N–H and O–H groups in total. The molecular formula is C23H26N2O2. The van der Waals surface area contributed by atoms with Crippen molar-refractivity contribution in [3.8, 4) is 5.88 Å². The summed E-state index contributed by atoms with van der Waals surface area (Å²) in [6.07, 6.45) is 6.64. The predicted molar refractivity (Wildman–Crippen MR) is 103 cm³/mol. The van der Waals surface area contributed by atoms with Crippen molar-refractivity contribution in [2.24, 2.45) is 23.7 Å². The highest BCUT2D eigenvalue weighted by Crippen LogP contribution is 2.66. The number of ether oxygens (including phenoxy) is 1. The summed E-state index contributed by atoms with van der Waals surface area (Å²) >= 11 is 0. The monoisotopic (exact) mass is 362 g/mol. The minimum atomic E-state index is 0.00955. The molecular weight excluding hydrogens is 336 g/mol. The first-order valence-corrected chi connectivity index (χ1v) is 10.1. The van der Waals surface area contributed by atoms with Crippen molar-refractivity contribution >= 4 is 5.91 Å². The molecule has 0 spiro atoms. The van der Waals surface area contributed by atoms with Gasteiger partial charge in [-0.05, 0) is 61.0 Å². The van der Waals surface area contributed by atoms with Gasteiger partial charge in [0.1, 0.15) is 6.61 Å². The fourth-order valence-electron chi connectivity index (χ4n) is 5.93. The summed E-state index contributed by atoms with van der Waals surface area (Å²) in [6, 6.07) is 13.6. The van der Waals surface area contributed by atoms with Crippen molar-refractivity contribution in [3.63, 3.8) is 0 Å². The Morgan fingerprint density at radius 3 is 2.74 bits per heavy atom. The molecule has 3 aliphatic rings. The number of aromatic nitrogens is 1. The molecule has 0 saturated heterocycles. The van der Waals surface area contributed by atoms with Gasteiger partial charge in [-0.15, -0.1) is 0 Å². The second-order valence-electron chi connectivity index (χ2n) is 8.80. The molecule has 2 aromatic rings. The number of amides is 1. The van der Waals surface area contributed by atoms with Gasteiger partial charge in [-0.2, -0.15) is 0 Å². The van der Waals surface area contributed by atoms with Crippen LogP contribution in [0.5, 0.6) is 5.88 Å². The molecule has 0 aliphatic heterocycles. The van der Waals surface area contributed by atoms with E-state index in [2.05, 4.69) is 17.2 Å². The van der Waals surface area contributed by atoms with Crippen LogP contribution in [0.2, 0.25) is 0 Å². The quantitative estimate of drug-likeness (QED) is 0.867. The van der Waals surface area contributed by atoms with E-state index in [-0.39, 0.29) is 11.4 Å². The van der Waals surface area contributed by atoms with Crippen molar-refractivity contribution < 1.29 is 9.53 Å². The van der Waals surface area contributed by atoms with Gasteiger partial charge in [-0.1, -0.05) is 37.3 Å². The van der Waals surface area contributed by atoms with E-state index in [1.165, 1.54) is 12.8 Å². The molecule has 5 atom stereocenters. The van der Waals surface area contributed by atoms with Crippen LogP contribution < -0.4 is 10.1 Å². The van der Waals surface area contributed by atoms with Crippen molar-refractivity contribution in [2.45, 2.75) is 44.8 Å². The largest absolute Gasteiger partial charge is 0.473 e. The van der Waals surface area contributed by atoms with E-state index in [1.807, 2.05) is 36.4 Å². The summed E-state index contributed by atoms with van der Waals surface area (Å²) in [6.45, 7) is 2.81. The standard InChI is InChI=1S/C23H26N2O2/c1-15-9-18-10-19-12-23(11-15,21(18)19)25-22(26)17-7-8-20(24-13-17)27-14-16-5-3-2-4-6-16/h2-8,13,15,18-19,21H,9-12,14H2,1H3,(H,25,26). The van der Waals surface area contributed by atoms with E-state index in [1.54, 1.807) is 12.3 Å². The van der Waals surface area contributed by atoms with Crippen molar-refractivity contribution in [1.29, 1.82) is 0 Å². The summed E-state index contributed by atoms with van der Waals surface area (Å²) in [4.78, 5) is 17.1. The molecule has 4 nitrogen and oxygen atoms in total. The number of nitrogens with one attached hydrogen (secondary N) is 1. The third-order valence-corrected chi connectivity index (χ3v) is 6.89. The summed E-state index contributed by atoms with van der Waals surface area (Å²) in [5.74, 6) is 3.67. The number of carbonyl (C=O) groups excluding carboxylic acids is 1. The minimum absolute atomic E-state index is 0.00955. The Kier molecular flexibility index (Phi) is 3.96. The first-order valence-electron chi connectivity index (χ1n) is 10.1. The molecule has 4 heteroatoms. The summed E-state index contributed by atoms with van der Waals surface area (Å²) in [7, 11) is 0. The van der Waals surface area contributed by atoms with Crippen LogP contribution in [0.25, 0.3) is 0 Å². The van der Waals surface area contributed by atoms with Crippen molar-refractivity contribution in [3.05, 3.63) is 59.8 Å². The fourth-order valence-corrected chi connectivity index (χ4v) is 5.93. The van der Waals surface area contributed by atoms with Crippen molar-refractivity contribution in [2.75, 3.05) is 0 Å². The first-order chi connectivity index (χ1) is 13.1. The number of rotatable bonds is 5. The van der Waals surface area contributed by atoms with Gasteiger partial charge in [0, 0.05) is 17.8 Å². The third kappa shape index (κ3) is 2.91. The van der Waals surface area contributed by atoms with Crippen LogP contribution in [0.1, 0.15) is 48.5 Å². The molecule has 1 amide bonds. The lowest BCUT2D eigenvalue weighted by Crippen LogP contribution is -2.73. The molecule has 3 aliphatic carbocycles. The topological polar surface area (TPSA) is 51.2 Å². The Labute approximate surface area is 160 Å². The molecule has 1 aromatic heterocycles. The highest BCUT2D eigenvalue weighted by Gasteiger charge is 2.65. The molecule has 0 radical (unpaired) electrons. The van der Waals surface area contributed by atoms with E-state index in [4.69, 9.17) is 4.74 Å². The molecule has 140 valence electrons. The van der Waals surface area contributed by atoms with Crippen LogP contribution in [-0.4, -0.2) is 16.4 Å². The van der Waals surface area contributed by atoms with E-state index in [0.29, 0.717) is 24.0 Å². The number of hydrogen-bond acceptors (Lipinski definition) is 3. The minimum Gasteiger partial charge on any atom is -0.473 e. The van der Waals surface area contributed by atoms with E-state index in [9.17, 15) is 4.79 Å². The normalized spacial score (nSPS) is 33.2. The maximum absolute atomic E-state index is 12.8. The van der Waals surface area contributed by atoms with Gasteiger partial charge in [0.05, 0.1) is 5.56 Å². The van der Waals surface area contributed by atoms with Crippen LogP contribution >= 0.6 is 0 Å². The molecule has 1 aromatic carbocycles. The molecule has 0 bridgehead atoms. The Balaban J connectivity index is 1.22. The van der Waals surface area contributed by atoms with E-state index >= 15 is 0 Å². The predicted octanol–water partition coefficient (Wildman–Crippen LogP) is 4.22. The van der Waals surface area contributed by atoms with Crippen LogP contribution in [0.4, 0.5) is 0 Å². The van der Waals surface area contributed by atoms with E-state index in [0.717, 1.165) is 36.2 Å². The number of hydrogen-bond donors (Lipinski definition) is 1. The fraction of sp³-hybridized carbons (Fsp3) is 0.478. The van der Waals surface area contributed by atoms with Gasteiger partial charge < -0.3 is 10.1 Å². The molecule has 5 unspecified atom stereocenters. The Hall–Kier alpha value is -2.36. The van der Waals surface area contributed by atoms with Gasteiger partial charge in [0.15, 0.2) is 0 Å². The molecule has 1 heterocycles. The van der Waals surface area contributed by atoms with Gasteiger partial charge >= 0.3 is 0 Å². The maximum Gasteiger partial charge on any atom is 0.253 e. The third-order valence-electron chi connectivity index (χ3n) is 6.89. The van der Waals surface area contributed by atoms with E-state index < -0.39 is 0 Å². The Morgan fingerprint density at radius 2 is 2.00 bits per heavy atom. The zero-order valence-electron chi connectivity index (χ0n) is 15.7. The van der Waals surface area contributed by atoms with Gasteiger partial charge in [-0.25, -0.2) is 4.98 Å². The van der Waals surface area contributed by atoms with Crippen LogP contribution in [0, 0.1) is 23.7 Å². The Bertz CT molecular complexity index is 835. The zero-order valence-corrected chi connectivity index (χ0v) is 15.7. The van der Waals surface area contributed by atoms with Crippen LogP contribution in [0.3, 0.4) is 0 Å². The summed E-state index contributed by atoms with van der Waals surface area (Å²) in [5, 5.41) is 3.40. The van der Waals surface area contributed by atoms with Crippen LogP contribution in [-0.2, 0) is 6.61 Å². The smallest absolute Gasteiger partial charge is 0.253 e.